The largest absolute Gasteiger partial charge is 0.494 e. The summed E-state index contributed by atoms with van der Waals surface area (Å²) in [5.41, 5.74) is 1.53. The van der Waals surface area contributed by atoms with Crippen LogP contribution in [0, 0.1) is 6.92 Å². The van der Waals surface area contributed by atoms with E-state index >= 15 is 0 Å². The van der Waals surface area contributed by atoms with Crippen LogP contribution in [0.25, 0.3) is 21.3 Å². The van der Waals surface area contributed by atoms with E-state index in [9.17, 15) is 9.59 Å². The molecule has 29 heavy (non-hydrogen) atoms. The molecule has 0 saturated carbocycles. The van der Waals surface area contributed by atoms with Crippen LogP contribution in [0.15, 0.2) is 35.4 Å². The van der Waals surface area contributed by atoms with Gasteiger partial charge >= 0.3 is 5.97 Å². The molecule has 6 nitrogen and oxygen atoms in total. The number of benzene rings is 1. The van der Waals surface area contributed by atoms with E-state index in [1.54, 1.807) is 6.92 Å². The van der Waals surface area contributed by atoms with Crippen LogP contribution in [0.3, 0.4) is 0 Å². The lowest BCUT2D eigenvalue weighted by molar-refractivity contribution is -0.152. The molecule has 0 unspecified atom stereocenters. The van der Waals surface area contributed by atoms with Gasteiger partial charge in [-0.3, -0.25) is 9.36 Å². The van der Waals surface area contributed by atoms with E-state index < -0.39 is 12.0 Å². The van der Waals surface area contributed by atoms with Gasteiger partial charge in [-0.15, -0.1) is 11.3 Å². The molecule has 0 spiro atoms. The Morgan fingerprint density at radius 2 is 1.90 bits per heavy atom. The average Bonchev–Trinajstić information content (AvgIpc) is 3.05. The number of hydrogen-bond donors (Lipinski definition) is 0. The SMILES string of the molecule is CCOc1ccc(-c2c(C)sc3ncn([C@@H](C)C(=O)O[C@H](C)CC)c(=O)c23)cc1. The van der Waals surface area contributed by atoms with Crippen LogP contribution >= 0.6 is 11.3 Å². The molecule has 0 radical (unpaired) electrons. The predicted octanol–water partition coefficient (Wildman–Crippen LogP) is 4.73. The molecule has 0 aliphatic rings. The number of rotatable bonds is 7. The Labute approximate surface area is 174 Å². The number of fused-ring (bicyclic) bond motifs is 1. The molecule has 0 amide bonds. The summed E-state index contributed by atoms with van der Waals surface area (Å²) in [5.74, 6) is 0.350. The third-order valence-electron chi connectivity index (χ3n) is 4.92. The van der Waals surface area contributed by atoms with E-state index in [-0.39, 0.29) is 11.7 Å². The summed E-state index contributed by atoms with van der Waals surface area (Å²) in [6.45, 7) is 9.95. The second-order valence-corrected chi connectivity index (χ2v) is 8.16. The molecule has 7 heteroatoms. The Balaban J connectivity index is 2.07. The first-order valence-electron chi connectivity index (χ1n) is 9.81. The second kappa shape index (κ2) is 8.78. The highest BCUT2D eigenvalue weighted by atomic mass is 32.1. The van der Waals surface area contributed by atoms with Crippen LogP contribution in [0.4, 0.5) is 0 Å². The molecule has 154 valence electrons. The zero-order valence-electron chi connectivity index (χ0n) is 17.4. The monoisotopic (exact) mass is 414 g/mol. The van der Waals surface area contributed by atoms with Crippen LogP contribution in [0.1, 0.15) is 45.0 Å². The number of hydrogen-bond acceptors (Lipinski definition) is 6. The van der Waals surface area contributed by atoms with E-state index in [0.717, 1.165) is 28.2 Å². The normalized spacial score (nSPS) is 13.3. The van der Waals surface area contributed by atoms with Crippen LogP contribution in [0.2, 0.25) is 0 Å². The zero-order valence-corrected chi connectivity index (χ0v) is 18.2. The van der Waals surface area contributed by atoms with Crippen molar-refractivity contribution in [2.75, 3.05) is 6.61 Å². The lowest BCUT2D eigenvalue weighted by Crippen LogP contribution is -2.31. The minimum Gasteiger partial charge on any atom is -0.494 e. The summed E-state index contributed by atoms with van der Waals surface area (Å²) in [7, 11) is 0. The maximum Gasteiger partial charge on any atom is 0.329 e. The highest BCUT2D eigenvalue weighted by Crippen LogP contribution is 2.36. The number of nitrogens with zero attached hydrogens (tertiary/aromatic N) is 2. The summed E-state index contributed by atoms with van der Waals surface area (Å²) in [6, 6.07) is 6.92. The molecule has 0 fully saturated rings. The molecular formula is C22H26N2O4S. The van der Waals surface area contributed by atoms with E-state index in [1.165, 1.54) is 22.2 Å². The van der Waals surface area contributed by atoms with Crippen molar-refractivity contribution >= 4 is 27.5 Å². The number of carbonyl (C=O) groups excluding carboxylic acids is 1. The summed E-state index contributed by atoms with van der Waals surface area (Å²) in [5, 5.41) is 0.530. The van der Waals surface area contributed by atoms with E-state index in [4.69, 9.17) is 9.47 Å². The summed E-state index contributed by atoms with van der Waals surface area (Å²) in [4.78, 5) is 31.9. The topological polar surface area (TPSA) is 70.4 Å². The molecule has 0 aliphatic heterocycles. The Morgan fingerprint density at radius 3 is 2.52 bits per heavy atom. The fourth-order valence-electron chi connectivity index (χ4n) is 3.12. The highest BCUT2D eigenvalue weighted by Gasteiger charge is 2.23. The van der Waals surface area contributed by atoms with Gasteiger partial charge in [-0.2, -0.15) is 0 Å². The molecule has 2 aromatic heterocycles. The molecule has 0 aliphatic carbocycles. The number of esters is 1. The molecule has 0 bridgehead atoms. The minimum atomic E-state index is -0.748. The Hall–Kier alpha value is -2.67. The van der Waals surface area contributed by atoms with Crippen LogP contribution in [0.5, 0.6) is 5.75 Å². The second-order valence-electron chi connectivity index (χ2n) is 6.96. The third-order valence-corrected chi connectivity index (χ3v) is 5.93. The van der Waals surface area contributed by atoms with Gasteiger partial charge in [-0.05, 0) is 51.8 Å². The van der Waals surface area contributed by atoms with Crippen molar-refractivity contribution in [2.45, 2.75) is 53.2 Å². The molecular weight excluding hydrogens is 388 g/mol. The van der Waals surface area contributed by atoms with Crippen molar-refractivity contribution in [3.63, 3.8) is 0 Å². The first-order chi connectivity index (χ1) is 13.9. The molecule has 3 rings (SSSR count). The Morgan fingerprint density at radius 1 is 1.21 bits per heavy atom. The van der Waals surface area contributed by atoms with Gasteiger partial charge in [0.05, 0.1) is 24.4 Å². The number of aromatic nitrogens is 2. The number of carbonyl (C=O) groups is 1. The van der Waals surface area contributed by atoms with Gasteiger partial charge in [0, 0.05) is 10.4 Å². The summed E-state index contributed by atoms with van der Waals surface area (Å²) in [6.07, 6.45) is 1.96. The van der Waals surface area contributed by atoms with E-state index in [0.29, 0.717) is 16.8 Å². The Bertz CT molecular complexity index is 1070. The number of ether oxygens (including phenoxy) is 2. The smallest absolute Gasteiger partial charge is 0.329 e. The van der Waals surface area contributed by atoms with Crippen molar-refractivity contribution in [2.24, 2.45) is 0 Å². The maximum atomic E-state index is 13.3. The van der Waals surface area contributed by atoms with Gasteiger partial charge in [-0.1, -0.05) is 19.1 Å². The number of thiophene rings is 1. The van der Waals surface area contributed by atoms with Crippen molar-refractivity contribution in [1.82, 2.24) is 9.55 Å². The fourth-order valence-corrected chi connectivity index (χ4v) is 4.12. The summed E-state index contributed by atoms with van der Waals surface area (Å²) < 4.78 is 12.3. The van der Waals surface area contributed by atoms with Crippen molar-refractivity contribution in [3.8, 4) is 16.9 Å². The van der Waals surface area contributed by atoms with Gasteiger partial charge in [-0.25, -0.2) is 9.78 Å². The van der Waals surface area contributed by atoms with Crippen LogP contribution in [-0.4, -0.2) is 28.2 Å². The molecule has 3 aromatic rings. The van der Waals surface area contributed by atoms with Gasteiger partial charge in [0.15, 0.2) is 0 Å². The van der Waals surface area contributed by atoms with Crippen molar-refractivity contribution < 1.29 is 14.3 Å². The number of aryl methyl sites for hydroxylation is 1. The quantitative estimate of drug-likeness (QED) is 0.523. The van der Waals surface area contributed by atoms with Gasteiger partial charge in [0.25, 0.3) is 5.56 Å². The first-order valence-corrected chi connectivity index (χ1v) is 10.6. The van der Waals surface area contributed by atoms with Crippen molar-refractivity contribution in [1.29, 1.82) is 0 Å². The molecule has 0 saturated heterocycles. The first kappa shape index (κ1) is 21.0. The van der Waals surface area contributed by atoms with Gasteiger partial charge < -0.3 is 9.47 Å². The van der Waals surface area contributed by atoms with Crippen molar-refractivity contribution in [3.05, 3.63) is 45.8 Å². The fraction of sp³-hybridized carbons (Fsp3) is 0.409. The zero-order chi connectivity index (χ0) is 21.1. The molecule has 2 heterocycles. The van der Waals surface area contributed by atoms with Crippen LogP contribution in [-0.2, 0) is 9.53 Å². The molecule has 2 atom stereocenters. The highest BCUT2D eigenvalue weighted by molar-refractivity contribution is 7.19. The lowest BCUT2D eigenvalue weighted by Gasteiger charge is -2.17. The van der Waals surface area contributed by atoms with Gasteiger partial charge in [0.2, 0.25) is 0 Å². The van der Waals surface area contributed by atoms with Crippen LogP contribution < -0.4 is 10.3 Å². The lowest BCUT2D eigenvalue weighted by atomic mass is 10.0. The van der Waals surface area contributed by atoms with E-state index in [2.05, 4.69) is 4.98 Å². The van der Waals surface area contributed by atoms with E-state index in [1.807, 2.05) is 52.0 Å². The summed E-state index contributed by atoms with van der Waals surface area (Å²) >= 11 is 1.47. The Kier molecular flexibility index (Phi) is 6.37. The standard InChI is InChI=1S/C22H26N2O4S/c1-6-13(3)28-22(26)14(4)24-12-23-20-19(21(24)25)18(15(5)29-20)16-8-10-17(11-9-16)27-7-2/h8-14H,6-7H2,1-5H3/t13-,14+/m1/s1. The minimum absolute atomic E-state index is 0.194. The maximum absolute atomic E-state index is 13.3. The predicted molar refractivity (Wildman–Crippen MR) is 116 cm³/mol. The average molecular weight is 415 g/mol. The third kappa shape index (κ3) is 4.19. The molecule has 0 N–H and O–H groups in total. The van der Waals surface area contributed by atoms with Gasteiger partial charge in [0.1, 0.15) is 16.6 Å². The molecule has 1 aromatic carbocycles.